The molecule has 0 aliphatic carbocycles. The maximum Gasteiger partial charge on any atom is 0.141 e. The number of nitrogens with zero attached hydrogens (tertiary/aromatic N) is 2. The van der Waals surface area contributed by atoms with Crippen molar-refractivity contribution < 1.29 is 10.2 Å². The molecule has 3 N–H and O–H groups in total. The lowest BCUT2D eigenvalue weighted by Crippen LogP contribution is -2.45. The van der Waals surface area contributed by atoms with Gasteiger partial charge in [-0.25, -0.2) is 0 Å². The highest BCUT2D eigenvalue weighted by molar-refractivity contribution is 5.85. The Morgan fingerprint density at radius 3 is 2.39 bits per heavy atom. The number of hydrogen-bond acceptors (Lipinski definition) is 5. The highest BCUT2D eigenvalue weighted by atomic mass is 35.5. The van der Waals surface area contributed by atoms with Crippen molar-refractivity contribution in [2.75, 3.05) is 26.2 Å². The maximum absolute atomic E-state index is 10.5. The molecule has 0 radical (unpaired) electrons. The highest BCUT2D eigenvalue weighted by Gasteiger charge is 2.28. The van der Waals surface area contributed by atoms with E-state index in [1.807, 2.05) is 6.92 Å². The van der Waals surface area contributed by atoms with Crippen LogP contribution in [0.25, 0.3) is 0 Å². The van der Waals surface area contributed by atoms with Gasteiger partial charge in [0.25, 0.3) is 0 Å². The molecule has 0 aromatic carbocycles. The van der Waals surface area contributed by atoms with E-state index in [2.05, 4.69) is 29.0 Å². The number of piperazine rings is 1. The topological polar surface area (TPSA) is 68.6 Å². The van der Waals surface area contributed by atoms with Crippen LogP contribution in [0.1, 0.15) is 43.1 Å². The Balaban J connectivity index is 0.00000242. The SMILES string of the molecule is Cc1ncc(CO)c([C@@H](CC(C)C)N2CCNCC2)c1O.Cl.Cl. The third kappa shape index (κ3) is 5.47. The van der Waals surface area contributed by atoms with Crippen LogP contribution in [0.4, 0.5) is 0 Å². The number of aliphatic hydroxyl groups is 1. The van der Waals surface area contributed by atoms with Gasteiger partial charge < -0.3 is 15.5 Å². The number of aryl methyl sites for hydroxylation is 1. The summed E-state index contributed by atoms with van der Waals surface area (Å²) in [7, 11) is 0. The second-order valence-electron chi connectivity index (χ2n) is 6.22. The van der Waals surface area contributed by atoms with Crippen LogP contribution in [-0.2, 0) is 6.61 Å². The highest BCUT2D eigenvalue weighted by Crippen LogP contribution is 2.37. The molecule has 2 heterocycles. The third-order valence-electron chi connectivity index (χ3n) is 4.15. The third-order valence-corrected chi connectivity index (χ3v) is 4.15. The van der Waals surface area contributed by atoms with Crippen molar-refractivity contribution in [2.24, 2.45) is 5.92 Å². The van der Waals surface area contributed by atoms with Gasteiger partial charge in [0.1, 0.15) is 5.75 Å². The number of aromatic nitrogens is 1. The molecule has 1 aliphatic heterocycles. The molecule has 1 aromatic heterocycles. The summed E-state index contributed by atoms with van der Waals surface area (Å²) in [6.07, 6.45) is 2.66. The Hall–Kier alpha value is -0.590. The van der Waals surface area contributed by atoms with Gasteiger partial charge in [0, 0.05) is 49.5 Å². The predicted molar refractivity (Wildman–Crippen MR) is 97.7 cm³/mol. The number of pyridine rings is 1. The first-order chi connectivity index (χ1) is 10.0. The fourth-order valence-corrected chi connectivity index (χ4v) is 3.04. The average molecular weight is 366 g/mol. The number of nitrogens with one attached hydrogen (secondary N) is 1. The van der Waals surface area contributed by atoms with Gasteiger partial charge in [0.05, 0.1) is 12.3 Å². The number of hydrogen-bond donors (Lipinski definition) is 3. The standard InChI is InChI=1S/C16H27N3O2.2ClH/c1-11(2)8-14(19-6-4-17-5-7-19)15-13(10-20)9-18-12(3)16(15)21;;/h9,11,14,17,20-21H,4-8,10H2,1-3H3;2*1H/t14-;;/m1../s1. The van der Waals surface area contributed by atoms with Crippen molar-refractivity contribution in [2.45, 2.75) is 39.8 Å². The summed E-state index contributed by atoms with van der Waals surface area (Å²) >= 11 is 0. The Bertz CT molecular complexity index is 481. The van der Waals surface area contributed by atoms with Crippen LogP contribution < -0.4 is 5.32 Å². The summed E-state index contributed by atoms with van der Waals surface area (Å²) in [6, 6.07) is 0.135. The molecule has 134 valence electrons. The molecule has 5 nitrogen and oxygen atoms in total. The Kier molecular flexibility index (Phi) is 10.0. The quantitative estimate of drug-likeness (QED) is 0.747. The molecule has 0 unspecified atom stereocenters. The van der Waals surface area contributed by atoms with Crippen molar-refractivity contribution in [3.8, 4) is 5.75 Å². The summed E-state index contributed by atoms with van der Waals surface area (Å²) in [6.45, 7) is 9.97. The van der Waals surface area contributed by atoms with E-state index in [4.69, 9.17) is 0 Å². The lowest BCUT2D eigenvalue weighted by Gasteiger charge is -2.37. The van der Waals surface area contributed by atoms with Crippen molar-refractivity contribution in [1.82, 2.24) is 15.2 Å². The number of rotatable bonds is 5. The zero-order chi connectivity index (χ0) is 15.4. The van der Waals surface area contributed by atoms with Gasteiger partial charge in [-0.15, -0.1) is 24.8 Å². The lowest BCUT2D eigenvalue weighted by atomic mass is 9.91. The molecule has 0 spiro atoms. The molecule has 2 rings (SSSR count). The van der Waals surface area contributed by atoms with E-state index in [9.17, 15) is 10.2 Å². The van der Waals surface area contributed by atoms with Crippen LogP contribution in [-0.4, -0.2) is 46.3 Å². The molecule has 23 heavy (non-hydrogen) atoms. The molecule has 7 heteroatoms. The smallest absolute Gasteiger partial charge is 0.141 e. The lowest BCUT2D eigenvalue weighted by molar-refractivity contribution is 0.148. The zero-order valence-electron chi connectivity index (χ0n) is 14.1. The summed E-state index contributed by atoms with van der Waals surface area (Å²) in [5.41, 5.74) is 2.23. The summed E-state index contributed by atoms with van der Waals surface area (Å²) in [4.78, 5) is 6.58. The van der Waals surface area contributed by atoms with Crippen LogP contribution in [0.3, 0.4) is 0 Å². The van der Waals surface area contributed by atoms with E-state index in [1.165, 1.54) is 0 Å². The molecular formula is C16H29Cl2N3O2. The molecule has 1 aromatic rings. The largest absolute Gasteiger partial charge is 0.506 e. The minimum absolute atomic E-state index is 0. The summed E-state index contributed by atoms with van der Waals surface area (Å²) in [5.74, 6) is 0.759. The Labute approximate surface area is 151 Å². The first-order valence-electron chi connectivity index (χ1n) is 7.77. The van der Waals surface area contributed by atoms with Crippen LogP contribution in [0, 0.1) is 12.8 Å². The first-order valence-corrected chi connectivity index (χ1v) is 7.77. The second-order valence-corrected chi connectivity index (χ2v) is 6.22. The molecular weight excluding hydrogens is 337 g/mol. The van der Waals surface area contributed by atoms with E-state index >= 15 is 0 Å². The van der Waals surface area contributed by atoms with E-state index in [1.54, 1.807) is 6.20 Å². The molecule has 0 bridgehead atoms. The van der Waals surface area contributed by atoms with Crippen molar-refractivity contribution in [1.29, 1.82) is 0 Å². The number of aromatic hydroxyl groups is 1. The van der Waals surface area contributed by atoms with Gasteiger partial charge >= 0.3 is 0 Å². The molecule has 1 atom stereocenters. The minimum atomic E-state index is -0.0864. The monoisotopic (exact) mass is 365 g/mol. The van der Waals surface area contributed by atoms with Gasteiger partial charge in [0.2, 0.25) is 0 Å². The number of halogens is 2. The fraction of sp³-hybridized carbons (Fsp3) is 0.688. The zero-order valence-corrected chi connectivity index (χ0v) is 15.7. The van der Waals surface area contributed by atoms with Crippen LogP contribution in [0.15, 0.2) is 6.20 Å². The van der Waals surface area contributed by atoms with E-state index in [0.29, 0.717) is 11.6 Å². The van der Waals surface area contributed by atoms with Crippen LogP contribution >= 0.6 is 24.8 Å². The van der Waals surface area contributed by atoms with Crippen molar-refractivity contribution in [3.63, 3.8) is 0 Å². The van der Waals surface area contributed by atoms with Gasteiger partial charge in [0.15, 0.2) is 0 Å². The number of aliphatic hydroxyl groups excluding tert-OH is 1. The first kappa shape index (κ1) is 22.4. The van der Waals surface area contributed by atoms with Crippen LogP contribution in [0.2, 0.25) is 0 Å². The van der Waals surface area contributed by atoms with Crippen LogP contribution in [0.5, 0.6) is 5.75 Å². The normalized spacial score (nSPS) is 16.6. The molecule has 0 saturated carbocycles. The van der Waals surface area contributed by atoms with Crippen molar-refractivity contribution in [3.05, 3.63) is 23.0 Å². The van der Waals surface area contributed by atoms with E-state index in [0.717, 1.165) is 43.7 Å². The van der Waals surface area contributed by atoms with E-state index in [-0.39, 0.29) is 43.2 Å². The Morgan fingerprint density at radius 1 is 1.26 bits per heavy atom. The van der Waals surface area contributed by atoms with E-state index < -0.39 is 0 Å². The fourth-order valence-electron chi connectivity index (χ4n) is 3.04. The molecule has 1 saturated heterocycles. The maximum atomic E-state index is 10.5. The summed E-state index contributed by atoms with van der Waals surface area (Å²) < 4.78 is 0. The Morgan fingerprint density at radius 2 is 1.87 bits per heavy atom. The molecule has 0 amide bonds. The van der Waals surface area contributed by atoms with Gasteiger partial charge in [-0.1, -0.05) is 13.8 Å². The second kappa shape index (κ2) is 10.3. The minimum Gasteiger partial charge on any atom is -0.506 e. The molecule has 1 aliphatic rings. The average Bonchev–Trinajstić information content (AvgIpc) is 2.48. The predicted octanol–water partition coefficient (Wildman–Crippen LogP) is 2.42. The van der Waals surface area contributed by atoms with Gasteiger partial charge in [-0.3, -0.25) is 9.88 Å². The molecule has 1 fully saturated rings. The van der Waals surface area contributed by atoms with Gasteiger partial charge in [-0.05, 0) is 19.3 Å². The summed E-state index contributed by atoms with van der Waals surface area (Å²) in [5, 5.41) is 23.5. The van der Waals surface area contributed by atoms with Crippen molar-refractivity contribution >= 4 is 24.8 Å². The van der Waals surface area contributed by atoms with Gasteiger partial charge in [-0.2, -0.15) is 0 Å².